The summed E-state index contributed by atoms with van der Waals surface area (Å²) in [6, 6.07) is 0. The summed E-state index contributed by atoms with van der Waals surface area (Å²) in [4.78, 5) is 11.4. The number of hydrogen-bond donors (Lipinski definition) is 0. The Morgan fingerprint density at radius 2 is 2.09 bits per heavy atom. The van der Waals surface area contributed by atoms with Gasteiger partial charge in [-0.3, -0.25) is 4.79 Å². The van der Waals surface area contributed by atoms with Crippen LogP contribution in [0.25, 0.3) is 0 Å². The van der Waals surface area contributed by atoms with E-state index < -0.39 is 0 Å². The van der Waals surface area contributed by atoms with Crippen molar-refractivity contribution in [3.8, 4) is 0 Å². The maximum Gasteiger partial charge on any atom is 0.136 e. The van der Waals surface area contributed by atoms with Crippen molar-refractivity contribution in [3.05, 3.63) is 0 Å². The first-order valence-corrected chi connectivity index (χ1v) is 4.69. The Hall–Kier alpha value is -0.330. The Bertz CT molecular complexity index is 151. The lowest BCUT2D eigenvalue weighted by Gasteiger charge is -2.39. The molecule has 1 heteroatoms. The van der Waals surface area contributed by atoms with E-state index in [0.717, 1.165) is 25.2 Å². The molecule has 1 aliphatic rings. The van der Waals surface area contributed by atoms with Crippen LogP contribution in [0.15, 0.2) is 0 Å². The summed E-state index contributed by atoms with van der Waals surface area (Å²) in [5.41, 5.74) is 0. The van der Waals surface area contributed by atoms with Gasteiger partial charge in [0.25, 0.3) is 0 Å². The van der Waals surface area contributed by atoms with Crippen LogP contribution in [0.3, 0.4) is 0 Å². The number of ketones is 1. The fourth-order valence-electron chi connectivity index (χ4n) is 1.89. The van der Waals surface area contributed by atoms with E-state index >= 15 is 0 Å². The largest absolute Gasteiger partial charge is 0.299 e. The van der Waals surface area contributed by atoms with Crippen LogP contribution in [0.4, 0.5) is 0 Å². The third-order valence-electron chi connectivity index (χ3n) is 3.07. The van der Waals surface area contributed by atoms with Crippen LogP contribution in [0.2, 0.25) is 0 Å². The zero-order valence-corrected chi connectivity index (χ0v) is 7.76. The van der Waals surface area contributed by atoms with Gasteiger partial charge in [-0.15, -0.1) is 0 Å². The highest BCUT2D eigenvalue weighted by Gasteiger charge is 2.38. The zero-order valence-electron chi connectivity index (χ0n) is 7.76. The number of Topliss-reactive ketones (excluding diaryl/α,β-unsaturated/α-hetero) is 1. The summed E-state index contributed by atoms with van der Waals surface area (Å²) in [7, 11) is 0. The van der Waals surface area contributed by atoms with E-state index in [1.165, 1.54) is 0 Å². The van der Waals surface area contributed by atoms with Gasteiger partial charge >= 0.3 is 0 Å². The second-order valence-corrected chi connectivity index (χ2v) is 3.89. The number of rotatable bonds is 3. The molecule has 0 aromatic heterocycles. The lowest BCUT2D eigenvalue weighted by atomic mass is 9.64. The fraction of sp³-hybridized carbons (Fsp3) is 0.900. The highest BCUT2D eigenvalue weighted by atomic mass is 16.1. The molecule has 0 heterocycles. The second kappa shape index (κ2) is 3.38. The summed E-state index contributed by atoms with van der Waals surface area (Å²) in [5.74, 6) is 2.33. The molecule has 0 aromatic carbocycles. The predicted octanol–water partition coefficient (Wildman–Crippen LogP) is 2.65. The molecule has 3 unspecified atom stereocenters. The smallest absolute Gasteiger partial charge is 0.136 e. The average molecular weight is 154 g/mol. The van der Waals surface area contributed by atoms with Gasteiger partial charge in [-0.2, -0.15) is 0 Å². The molecule has 1 saturated carbocycles. The topological polar surface area (TPSA) is 17.1 Å². The van der Waals surface area contributed by atoms with Crippen LogP contribution in [0.5, 0.6) is 0 Å². The fourth-order valence-corrected chi connectivity index (χ4v) is 1.89. The first kappa shape index (κ1) is 8.76. The molecule has 1 fully saturated rings. The highest BCUT2D eigenvalue weighted by molar-refractivity contribution is 5.82. The minimum absolute atomic E-state index is 0.407. The van der Waals surface area contributed by atoms with E-state index in [0.29, 0.717) is 17.6 Å². The van der Waals surface area contributed by atoms with Crippen molar-refractivity contribution >= 4 is 5.78 Å². The summed E-state index contributed by atoms with van der Waals surface area (Å²) in [6.45, 7) is 6.51. The Balaban J connectivity index is 2.33. The Kier molecular flexibility index (Phi) is 2.69. The zero-order chi connectivity index (χ0) is 8.43. The van der Waals surface area contributed by atoms with E-state index in [2.05, 4.69) is 20.8 Å². The normalized spacial score (nSPS) is 36.5. The van der Waals surface area contributed by atoms with Gasteiger partial charge in [-0.05, 0) is 24.7 Å². The van der Waals surface area contributed by atoms with Crippen LogP contribution in [-0.4, -0.2) is 5.78 Å². The molecule has 0 amide bonds. The van der Waals surface area contributed by atoms with Crippen molar-refractivity contribution in [3.63, 3.8) is 0 Å². The van der Waals surface area contributed by atoms with Gasteiger partial charge in [0.05, 0.1) is 0 Å². The summed E-state index contributed by atoms with van der Waals surface area (Å²) in [5, 5.41) is 0. The van der Waals surface area contributed by atoms with Gasteiger partial charge in [-0.1, -0.05) is 20.8 Å². The maximum atomic E-state index is 11.4. The Labute approximate surface area is 69.2 Å². The van der Waals surface area contributed by atoms with Gasteiger partial charge in [-0.25, -0.2) is 0 Å². The molecule has 0 aromatic rings. The molecule has 0 saturated heterocycles. The Morgan fingerprint density at radius 3 is 2.45 bits per heavy atom. The standard InChI is InChI=1S/C10H18O/c1-4-5-10(11)9-6-7(2)8(9)3/h7-9H,4-6H2,1-3H3. The van der Waals surface area contributed by atoms with Gasteiger partial charge in [0.15, 0.2) is 0 Å². The quantitative estimate of drug-likeness (QED) is 0.610. The van der Waals surface area contributed by atoms with Crippen molar-refractivity contribution in [1.82, 2.24) is 0 Å². The molecule has 0 spiro atoms. The monoisotopic (exact) mass is 154 g/mol. The van der Waals surface area contributed by atoms with Crippen molar-refractivity contribution in [2.24, 2.45) is 17.8 Å². The summed E-state index contributed by atoms with van der Waals surface area (Å²) < 4.78 is 0. The first-order valence-electron chi connectivity index (χ1n) is 4.69. The lowest BCUT2D eigenvalue weighted by Crippen LogP contribution is -2.38. The van der Waals surface area contributed by atoms with Crippen LogP contribution in [0, 0.1) is 17.8 Å². The molecule has 0 radical (unpaired) electrons. The molecule has 0 aliphatic heterocycles. The SMILES string of the molecule is CCCC(=O)C1CC(C)C1C. The van der Waals surface area contributed by atoms with Gasteiger partial charge in [0, 0.05) is 12.3 Å². The highest BCUT2D eigenvalue weighted by Crippen LogP contribution is 2.40. The van der Waals surface area contributed by atoms with Gasteiger partial charge < -0.3 is 0 Å². The van der Waals surface area contributed by atoms with E-state index in [-0.39, 0.29) is 0 Å². The molecule has 0 N–H and O–H groups in total. The average Bonchev–Trinajstić information content (AvgIpc) is 1.99. The third kappa shape index (κ3) is 1.63. The van der Waals surface area contributed by atoms with E-state index in [4.69, 9.17) is 0 Å². The number of carbonyl (C=O) groups excluding carboxylic acids is 1. The molecule has 64 valence electrons. The molecular formula is C10H18O. The minimum Gasteiger partial charge on any atom is -0.299 e. The molecule has 3 atom stereocenters. The van der Waals surface area contributed by atoms with Crippen molar-refractivity contribution < 1.29 is 4.79 Å². The first-order chi connectivity index (χ1) is 5.16. The van der Waals surface area contributed by atoms with E-state index in [1.54, 1.807) is 0 Å². The van der Waals surface area contributed by atoms with E-state index in [9.17, 15) is 4.79 Å². The predicted molar refractivity (Wildman–Crippen MR) is 46.4 cm³/mol. The molecule has 1 nitrogen and oxygen atoms in total. The van der Waals surface area contributed by atoms with Gasteiger partial charge in [0.1, 0.15) is 5.78 Å². The number of carbonyl (C=O) groups is 1. The summed E-state index contributed by atoms with van der Waals surface area (Å²) in [6.07, 6.45) is 2.94. The molecular weight excluding hydrogens is 136 g/mol. The van der Waals surface area contributed by atoms with Crippen molar-refractivity contribution in [2.45, 2.75) is 40.0 Å². The lowest BCUT2D eigenvalue weighted by molar-refractivity contribution is -0.130. The van der Waals surface area contributed by atoms with Crippen LogP contribution in [-0.2, 0) is 4.79 Å². The Morgan fingerprint density at radius 1 is 1.45 bits per heavy atom. The second-order valence-electron chi connectivity index (χ2n) is 3.89. The molecule has 1 aliphatic carbocycles. The van der Waals surface area contributed by atoms with Crippen molar-refractivity contribution in [1.29, 1.82) is 0 Å². The molecule has 1 rings (SSSR count). The third-order valence-corrected chi connectivity index (χ3v) is 3.07. The van der Waals surface area contributed by atoms with Crippen LogP contribution < -0.4 is 0 Å². The van der Waals surface area contributed by atoms with Gasteiger partial charge in [0.2, 0.25) is 0 Å². The molecule has 0 bridgehead atoms. The van der Waals surface area contributed by atoms with Crippen LogP contribution >= 0.6 is 0 Å². The summed E-state index contributed by atoms with van der Waals surface area (Å²) >= 11 is 0. The minimum atomic E-state index is 0.407. The maximum absolute atomic E-state index is 11.4. The van der Waals surface area contributed by atoms with E-state index in [1.807, 2.05) is 0 Å². The molecule has 11 heavy (non-hydrogen) atoms. The van der Waals surface area contributed by atoms with Crippen molar-refractivity contribution in [2.75, 3.05) is 0 Å². The number of hydrogen-bond acceptors (Lipinski definition) is 1. The van der Waals surface area contributed by atoms with Crippen LogP contribution in [0.1, 0.15) is 40.0 Å².